The maximum atomic E-state index is 12.9. The van der Waals surface area contributed by atoms with Gasteiger partial charge in [-0.05, 0) is 31.0 Å². The number of ketones is 2. The van der Waals surface area contributed by atoms with Crippen LogP contribution in [0.3, 0.4) is 0 Å². The molecule has 23 heavy (non-hydrogen) atoms. The average molecular weight is 308 g/mol. The number of rotatable bonds is 3. The normalized spacial score (nSPS) is 12.6. The second-order valence-corrected chi connectivity index (χ2v) is 5.67. The summed E-state index contributed by atoms with van der Waals surface area (Å²) in [5.41, 5.74) is 2.21. The van der Waals surface area contributed by atoms with Crippen molar-refractivity contribution in [3.05, 3.63) is 70.3 Å². The van der Waals surface area contributed by atoms with Crippen molar-refractivity contribution in [2.24, 2.45) is 0 Å². The minimum Gasteiger partial charge on any atom is -0.507 e. The lowest BCUT2D eigenvalue weighted by molar-refractivity contribution is 0.0974. The number of hydrogen-bond donors (Lipinski definition) is 1. The third-order valence-electron chi connectivity index (χ3n) is 3.94. The molecule has 0 atom stereocenters. The molecule has 0 aromatic heterocycles. The molecule has 1 aliphatic carbocycles. The van der Waals surface area contributed by atoms with Gasteiger partial charge in [0.2, 0.25) is 5.78 Å². The highest BCUT2D eigenvalue weighted by Gasteiger charge is 2.35. The highest BCUT2D eigenvalue weighted by Crippen LogP contribution is 2.38. The zero-order valence-electron chi connectivity index (χ0n) is 13.0. The van der Waals surface area contributed by atoms with Gasteiger partial charge in [0.25, 0.3) is 0 Å². The van der Waals surface area contributed by atoms with E-state index < -0.39 is 5.78 Å². The van der Waals surface area contributed by atoms with Crippen LogP contribution in [-0.2, 0) is 6.42 Å². The Kier molecular flexibility index (Phi) is 3.52. The number of phenols is 1. The predicted octanol–water partition coefficient (Wildman–Crippen LogP) is 3.29. The Hall–Kier alpha value is -2.88. The number of aromatic hydroxyl groups is 1. The molecule has 2 aromatic rings. The number of fused-ring (bicyclic) bond motifs is 2. The first-order valence-corrected chi connectivity index (χ1v) is 7.21. The lowest BCUT2D eigenvalue weighted by Gasteiger charge is -2.21. The van der Waals surface area contributed by atoms with Crippen LogP contribution in [0.1, 0.15) is 44.3 Å². The van der Waals surface area contributed by atoms with E-state index in [1.165, 1.54) is 7.11 Å². The minimum atomic E-state index is -0.395. The van der Waals surface area contributed by atoms with E-state index in [9.17, 15) is 14.7 Å². The third kappa shape index (κ3) is 2.23. The van der Waals surface area contributed by atoms with Crippen LogP contribution in [0.25, 0.3) is 0 Å². The van der Waals surface area contributed by atoms with E-state index in [4.69, 9.17) is 4.74 Å². The quantitative estimate of drug-likeness (QED) is 0.754. The van der Waals surface area contributed by atoms with Gasteiger partial charge in [0.15, 0.2) is 5.78 Å². The molecule has 0 heterocycles. The van der Waals surface area contributed by atoms with Crippen molar-refractivity contribution in [1.29, 1.82) is 0 Å². The Morgan fingerprint density at radius 3 is 2.43 bits per heavy atom. The van der Waals surface area contributed by atoms with Crippen molar-refractivity contribution in [3.8, 4) is 11.5 Å². The lowest BCUT2D eigenvalue weighted by Crippen LogP contribution is -2.22. The van der Waals surface area contributed by atoms with E-state index >= 15 is 0 Å². The first-order valence-electron chi connectivity index (χ1n) is 7.21. The summed E-state index contributed by atoms with van der Waals surface area (Å²) in [5, 5.41) is 10.5. The van der Waals surface area contributed by atoms with Crippen LogP contribution >= 0.6 is 0 Å². The molecular weight excluding hydrogens is 292 g/mol. The molecule has 0 bridgehead atoms. The number of allylic oxidation sites excluding steroid dienone is 1. The van der Waals surface area contributed by atoms with Crippen LogP contribution in [0.2, 0.25) is 0 Å². The fraction of sp³-hybridized carbons (Fsp3) is 0.158. The van der Waals surface area contributed by atoms with E-state index in [-0.39, 0.29) is 28.2 Å². The van der Waals surface area contributed by atoms with Crippen LogP contribution < -0.4 is 4.74 Å². The fourth-order valence-electron chi connectivity index (χ4n) is 2.92. The Bertz CT molecular complexity index is 862. The summed E-state index contributed by atoms with van der Waals surface area (Å²) in [6.07, 6.45) is 0.444. The Labute approximate surface area is 134 Å². The molecule has 1 aliphatic rings. The topological polar surface area (TPSA) is 63.6 Å². The Morgan fingerprint density at radius 1 is 1.09 bits per heavy atom. The second-order valence-electron chi connectivity index (χ2n) is 5.67. The van der Waals surface area contributed by atoms with Crippen molar-refractivity contribution in [3.63, 3.8) is 0 Å². The van der Waals surface area contributed by atoms with Gasteiger partial charge in [-0.15, -0.1) is 0 Å². The van der Waals surface area contributed by atoms with Crippen LogP contribution in [0.5, 0.6) is 11.5 Å². The number of hydrogen-bond acceptors (Lipinski definition) is 4. The summed E-state index contributed by atoms with van der Waals surface area (Å²) in [7, 11) is 1.44. The molecule has 0 saturated carbocycles. The van der Waals surface area contributed by atoms with Gasteiger partial charge < -0.3 is 9.84 Å². The highest BCUT2D eigenvalue weighted by atomic mass is 16.5. The minimum absolute atomic E-state index is 0.0470. The smallest absolute Gasteiger partial charge is 0.201 e. The molecule has 0 spiro atoms. The summed E-state index contributed by atoms with van der Waals surface area (Å²) in [6.45, 7) is 5.66. The van der Waals surface area contributed by atoms with E-state index in [1.807, 2.05) is 6.92 Å². The van der Waals surface area contributed by atoms with Crippen molar-refractivity contribution in [2.75, 3.05) is 7.11 Å². The van der Waals surface area contributed by atoms with Gasteiger partial charge in [-0.25, -0.2) is 0 Å². The molecular formula is C19H16O4. The maximum Gasteiger partial charge on any atom is 0.201 e. The van der Waals surface area contributed by atoms with Crippen molar-refractivity contribution in [2.45, 2.75) is 13.3 Å². The van der Waals surface area contributed by atoms with Gasteiger partial charge >= 0.3 is 0 Å². The summed E-state index contributed by atoms with van der Waals surface area (Å²) >= 11 is 0. The monoisotopic (exact) mass is 308 g/mol. The van der Waals surface area contributed by atoms with Gasteiger partial charge in [0, 0.05) is 11.1 Å². The van der Waals surface area contributed by atoms with Gasteiger partial charge in [0.1, 0.15) is 11.5 Å². The second kappa shape index (κ2) is 5.39. The van der Waals surface area contributed by atoms with Crippen molar-refractivity contribution >= 4 is 11.6 Å². The predicted molar refractivity (Wildman–Crippen MR) is 86.5 cm³/mol. The van der Waals surface area contributed by atoms with Crippen molar-refractivity contribution < 1.29 is 19.4 Å². The molecule has 116 valence electrons. The summed E-state index contributed by atoms with van der Waals surface area (Å²) in [4.78, 5) is 25.5. The standard InChI is InChI=1S/C19H16O4/c1-10(2)9-11-7-8-13-16(17(11)20)19(22)15-12(18(13)21)5-4-6-14(15)23-3/h4-8,20H,1,9H2,2-3H3. The Morgan fingerprint density at radius 2 is 1.78 bits per heavy atom. The zero-order chi connectivity index (χ0) is 16.7. The molecule has 0 radical (unpaired) electrons. The largest absolute Gasteiger partial charge is 0.507 e. The van der Waals surface area contributed by atoms with E-state index in [2.05, 4.69) is 6.58 Å². The average Bonchev–Trinajstić information content (AvgIpc) is 2.53. The van der Waals surface area contributed by atoms with Crippen LogP contribution in [0.15, 0.2) is 42.5 Å². The molecule has 0 amide bonds. The highest BCUT2D eigenvalue weighted by molar-refractivity contribution is 6.30. The van der Waals surface area contributed by atoms with Crippen molar-refractivity contribution in [1.82, 2.24) is 0 Å². The molecule has 0 aliphatic heterocycles. The van der Waals surface area contributed by atoms with E-state index in [1.54, 1.807) is 30.3 Å². The number of carbonyl (C=O) groups excluding carboxylic acids is 2. The van der Waals surface area contributed by atoms with Gasteiger partial charge in [0.05, 0.1) is 18.2 Å². The van der Waals surface area contributed by atoms with Gasteiger partial charge in [-0.3, -0.25) is 9.59 Å². The molecule has 0 saturated heterocycles. The number of carbonyl (C=O) groups is 2. The molecule has 0 unspecified atom stereocenters. The summed E-state index contributed by atoms with van der Waals surface area (Å²) in [6, 6.07) is 8.15. The molecule has 4 heteroatoms. The van der Waals surface area contributed by atoms with Gasteiger partial charge in [-0.1, -0.05) is 30.4 Å². The SMILES string of the molecule is C=C(C)Cc1ccc2c(c1O)C(=O)c1c(OC)cccc1C2=O. The first-order chi connectivity index (χ1) is 11.0. The zero-order valence-corrected chi connectivity index (χ0v) is 13.0. The number of methoxy groups -OCH3 is 1. The van der Waals surface area contributed by atoms with E-state index in [0.717, 1.165) is 5.57 Å². The van der Waals surface area contributed by atoms with E-state index in [0.29, 0.717) is 23.3 Å². The molecule has 3 rings (SSSR count). The van der Waals surface area contributed by atoms with Crippen LogP contribution in [-0.4, -0.2) is 23.8 Å². The molecule has 4 nitrogen and oxygen atoms in total. The lowest BCUT2D eigenvalue weighted by atomic mass is 9.81. The summed E-state index contributed by atoms with van der Waals surface area (Å²) in [5.74, 6) is -0.504. The molecule has 0 fully saturated rings. The summed E-state index contributed by atoms with van der Waals surface area (Å²) < 4.78 is 5.21. The van der Waals surface area contributed by atoms with Gasteiger partial charge in [-0.2, -0.15) is 0 Å². The van der Waals surface area contributed by atoms with Crippen LogP contribution in [0, 0.1) is 0 Å². The number of benzene rings is 2. The fourth-order valence-corrected chi connectivity index (χ4v) is 2.92. The maximum absolute atomic E-state index is 12.9. The number of ether oxygens (including phenoxy) is 1. The Balaban J connectivity index is 2.26. The van der Waals surface area contributed by atoms with Crippen LogP contribution in [0.4, 0.5) is 0 Å². The third-order valence-corrected chi connectivity index (χ3v) is 3.94. The molecule has 2 aromatic carbocycles. The first kappa shape index (κ1) is 15.0. The molecule has 1 N–H and O–H groups in total. The number of phenolic OH excluding ortho intramolecular Hbond substituents is 1.